The summed E-state index contributed by atoms with van der Waals surface area (Å²) in [5.41, 5.74) is -0.221. The number of para-hydroxylation sites is 2. The Morgan fingerprint density at radius 2 is 1.22 bits per heavy atom. The van der Waals surface area contributed by atoms with Crippen LogP contribution in [0.1, 0.15) is 24.2 Å². The number of esters is 1. The minimum Gasteiger partial charge on any atom is -0.490 e. The molecule has 0 atom stereocenters. The molecular formula is C30H36N10O13S2. The first-order valence-corrected chi connectivity index (χ1v) is 18.4. The summed E-state index contributed by atoms with van der Waals surface area (Å²) in [7, 11) is -3.49. The molecule has 296 valence electrons. The van der Waals surface area contributed by atoms with Crippen LogP contribution in [-0.2, 0) is 25.1 Å². The van der Waals surface area contributed by atoms with E-state index in [-0.39, 0.29) is 59.3 Å². The van der Waals surface area contributed by atoms with Crippen LogP contribution in [0.4, 0.5) is 27.4 Å². The number of nitrogens with one attached hydrogen (secondary N) is 5. The molecule has 0 fully saturated rings. The molecule has 25 heteroatoms. The van der Waals surface area contributed by atoms with E-state index < -0.39 is 43.3 Å². The largest absolute Gasteiger partial charge is 0.490 e. The maximum absolute atomic E-state index is 12.5. The number of amides is 4. The molecule has 0 bridgehead atoms. The van der Waals surface area contributed by atoms with Gasteiger partial charge < -0.3 is 33.2 Å². The highest BCUT2D eigenvalue weighted by atomic mass is 32.2. The summed E-state index contributed by atoms with van der Waals surface area (Å²) in [6.07, 6.45) is 0. The molecule has 0 saturated heterocycles. The maximum Gasteiger partial charge on any atom is 0.411 e. The number of rotatable bonds is 15. The molecule has 2 aromatic carbocycles. The number of carbonyl (C=O) groups excluding carboxylic acids is 3. The Kier molecular flexibility index (Phi) is 15.4. The van der Waals surface area contributed by atoms with Crippen molar-refractivity contribution >= 4 is 56.2 Å². The smallest absolute Gasteiger partial charge is 0.411 e. The van der Waals surface area contributed by atoms with Gasteiger partial charge in [-0.3, -0.25) is 10.6 Å². The Hall–Kier alpha value is -6.76. The van der Waals surface area contributed by atoms with Crippen LogP contribution < -0.4 is 48.5 Å². The number of ether oxygens (including phenoxy) is 5. The van der Waals surface area contributed by atoms with Crippen LogP contribution in [-0.4, -0.2) is 101 Å². The Bertz CT molecular complexity index is 2170. The lowest BCUT2D eigenvalue weighted by atomic mass is 10.2. The third-order valence-electron chi connectivity index (χ3n) is 6.04. The zero-order chi connectivity index (χ0) is 40.6. The van der Waals surface area contributed by atoms with Gasteiger partial charge in [-0.1, -0.05) is 24.3 Å². The van der Waals surface area contributed by atoms with Gasteiger partial charge in [-0.25, -0.2) is 32.2 Å². The van der Waals surface area contributed by atoms with Crippen molar-refractivity contribution in [1.29, 1.82) is 0 Å². The molecule has 2 heterocycles. The van der Waals surface area contributed by atoms with E-state index >= 15 is 0 Å². The number of methoxy groups -OCH3 is 3. The molecule has 0 spiro atoms. The van der Waals surface area contributed by atoms with Crippen LogP contribution in [0.5, 0.6) is 29.3 Å². The van der Waals surface area contributed by atoms with Crippen LogP contribution in [0.3, 0.4) is 0 Å². The highest BCUT2D eigenvalue weighted by Gasteiger charge is 2.25. The van der Waals surface area contributed by atoms with Gasteiger partial charge in [0, 0.05) is 7.05 Å². The highest BCUT2D eigenvalue weighted by Crippen LogP contribution is 2.27. The molecule has 4 rings (SSSR count). The summed E-state index contributed by atoms with van der Waals surface area (Å²) < 4.78 is 82.3. The second kappa shape index (κ2) is 19.9. The monoisotopic (exact) mass is 808 g/mol. The lowest BCUT2D eigenvalue weighted by Gasteiger charge is -2.12. The molecule has 4 amide bonds. The van der Waals surface area contributed by atoms with Gasteiger partial charge in [0.1, 0.15) is 4.90 Å². The van der Waals surface area contributed by atoms with Crippen molar-refractivity contribution in [3.63, 3.8) is 0 Å². The fraction of sp³-hybridized carbons (Fsp3) is 0.267. The number of sulfonamides is 1. The summed E-state index contributed by atoms with van der Waals surface area (Å²) in [4.78, 5) is 54.8. The Morgan fingerprint density at radius 1 is 0.673 bits per heavy atom. The maximum atomic E-state index is 12.5. The molecule has 4 aromatic rings. The van der Waals surface area contributed by atoms with Gasteiger partial charge in [-0.2, -0.15) is 33.3 Å². The number of hydrogen-bond donors (Lipinski definition) is 5. The van der Waals surface area contributed by atoms with Gasteiger partial charge in [0.2, 0.25) is 29.6 Å². The first kappa shape index (κ1) is 42.7. The van der Waals surface area contributed by atoms with E-state index in [1.54, 1.807) is 42.5 Å². The normalized spacial score (nSPS) is 10.7. The zero-order valence-corrected chi connectivity index (χ0v) is 31.6. The molecular weight excluding hydrogens is 773 g/mol. The zero-order valence-electron chi connectivity index (χ0n) is 30.0. The van der Waals surface area contributed by atoms with E-state index in [1.807, 2.05) is 0 Å². The van der Waals surface area contributed by atoms with E-state index in [0.717, 1.165) is 13.2 Å². The quantitative estimate of drug-likeness (QED) is 0.107. The Labute approximate surface area is 314 Å². The number of carbonyl (C=O) groups is 3. The van der Waals surface area contributed by atoms with Crippen molar-refractivity contribution in [2.24, 2.45) is 0 Å². The van der Waals surface area contributed by atoms with Crippen LogP contribution >= 0.6 is 0 Å². The molecule has 5 N–H and O–H groups in total. The summed E-state index contributed by atoms with van der Waals surface area (Å²) >= 11 is 0. The number of hydrogen-bond acceptors (Lipinski definition) is 19. The first-order chi connectivity index (χ1) is 26.2. The number of benzene rings is 2. The summed E-state index contributed by atoms with van der Waals surface area (Å²) in [6.45, 7) is 4.04. The van der Waals surface area contributed by atoms with E-state index in [4.69, 9.17) is 23.1 Å². The average molecular weight is 809 g/mol. The minimum absolute atomic E-state index is 0.0592. The fourth-order valence-corrected chi connectivity index (χ4v) is 5.64. The minimum atomic E-state index is -4.49. The molecule has 0 radical (unpaired) electrons. The van der Waals surface area contributed by atoms with Crippen molar-refractivity contribution in [3.05, 3.63) is 60.2 Å². The van der Waals surface area contributed by atoms with Crippen molar-refractivity contribution in [2.45, 2.75) is 18.7 Å². The number of nitrogens with zero attached hydrogens (tertiary/aromatic N) is 5. The van der Waals surface area contributed by atoms with E-state index in [9.17, 15) is 31.2 Å². The van der Waals surface area contributed by atoms with Gasteiger partial charge >= 0.3 is 34.3 Å². The molecule has 0 unspecified atom stereocenters. The van der Waals surface area contributed by atoms with Gasteiger partial charge in [-0.05, 0) is 38.1 Å². The van der Waals surface area contributed by atoms with Crippen LogP contribution in [0, 0.1) is 0 Å². The topological polar surface area (TPSA) is 299 Å². The molecule has 0 aliphatic rings. The highest BCUT2D eigenvalue weighted by molar-refractivity contribution is 7.90. The van der Waals surface area contributed by atoms with E-state index in [0.29, 0.717) is 6.61 Å². The lowest BCUT2D eigenvalue weighted by Crippen LogP contribution is -2.37. The van der Waals surface area contributed by atoms with E-state index in [2.05, 4.69) is 45.6 Å². The van der Waals surface area contributed by atoms with Crippen LogP contribution in [0.25, 0.3) is 0 Å². The Balaban J connectivity index is 0.000000296. The average Bonchev–Trinajstić information content (AvgIpc) is 3.14. The van der Waals surface area contributed by atoms with Crippen molar-refractivity contribution in [3.8, 4) is 29.3 Å². The number of anilines is 3. The molecule has 0 aliphatic heterocycles. The van der Waals surface area contributed by atoms with Gasteiger partial charge in [0.25, 0.3) is 10.0 Å². The van der Waals surface area contributed by atoms with Crippen molar-refractivity contribution in [2.75, 3.05) is 57.5 Å². The third kappa shape index (κ3) is 13.0. The summed E-state index contributed by atoms with van der Waals surface area (Å²) in [5, 5.41) is 6.98. The number of urea groups is 2. The predicted octanol–water partition coefficient (Wildman–Crippen LogP) is 1.95. The standard InChI is InChI=1S/C15H18N6O6S.C15H18N4O7S/c1-4-27-15-19-12(16-2)17-13(20-15)18-14(23)21-28(24,25)10-8-6-5-7-9(10)11(22)26-3;1-4-25-10-7-5-6-8-11(10)26-27(21,22)19-15(20)18-14-16-12(23-2)9-13(17-14)24-3/h5-8H,4H2,1-3H3,(H3,16,17,18,19,20,21,23);5-9H,4H2,1-3H3,(H2,16,17,18,19,20). The molecule has 23 nitrogen and oxygen atoms in total. The molecule has 2 aromatic heterocycles. The second-order valence-corrected chi connectivity index (χ2v) is 12.7. The number of aromatic nitrogens is 5. The van der Waals surface area contributed by atoms with E-state index in [1.165, 1.54) is 50.6 Å². The SMILES string of the molecule is CCOc1ccccc1OS(=O)(=O)NC(=O)Nc1nc(OC)cc(OC)n1.CCOc1nc(NC)nc(NC(=O)NS(=O)(=O)c2ccccc2C(=O)OC)n1. The van der Waals surface area contributed by atoms with Crippen molar-refractivity contribution in [1.82, 2.24) is 34.4 Å². The molecule has 55 heavy (non-hydrogen) atoms. The fourth-order valence-electron chi connectivity index (χ4n) is 3.84. The summed E-state index contributed by atoms with van der Waals surface area (Å²) in [6, 6.07) is 10.5. The lowest BCUT2D eigenvalue weighted by molar-refractivity contribution is 0.0596. The first-order valence-electron chi connectivity index (χ1n) is 15.5. The third-order valence-corrected chi connectivity index (χ3v) is 8.26. The van der Waals surface area contributed by atoms with Gasteiger partial charge in [-0.15, -0.1) is 0 Å². The molecule has 0 aliphatic carbocycles. The second-order valence-electron chi connectivity index (χ2n) is 9.75. The summed E-state index contributed by atoms with van der Waals surface area (Å²) in [5.74, 6) is -0.855. The van der Waals surface area contributed by atoms with Crippen LogP contribution in [0.2, 0.25) is 0 Å². The Morgan fingerprint density at radius 3 is 1.80 bits per heavy atom. The van der Waals surface area contributed by atoms with Crippen molar-refractivity contribution < 1.29 is 59.1 Å². The van der Waals surface area contributed by atoms with Gasteiger partial charge in [0.05, 0.1) is 46.2 Å². The molecule has 0 saturated carbocycles. The van der Waals surface area contributed by atoms with Gasteiger partial charge in [0.15, 0.2) is 11.5 Å². The van der Waals surface area contributed by atoms with Crippen LogP contribution in [0.15, 0.2) is 59.5 Å². The predicted molar refractivity (Wildman–Crippen MR) is 192 cm³/mol.